The summed E-state index contributed by atoms with van der Waals surface area (Å²) in [5.74, 6) is 1.82. The molecule has 1 atom stereocenters. The summed E-state index contributed by atoms with van der Waals surface area (Å²) in [6.07, 6.45) is 3.35. The van der Waals surface area contributed by atoms with Gasteiger partial charge in [0.15, 0.2) is 6.29 Å². The van der Waals surface area contributed by atoms with Crippen molar-refractivity contribution < 1.29 is 14.0 Å². The van der Waals surface area contributed by atoms with Gasteiger partial charge in [0.25, 0.3) is 0 Å². The average Bonchev–Trinajstić information content (AvgIpc) is 3.34. The van der Waals surface area contributed by atoms with E-state index in [1.54, 1.807) is 0 Å². The molecule has 4 rings (SSSR count). The molecule has 2 aliphatic rings. The molecule has 2 aromatic rings. The first kappa shape index (κ1) is 17.6. The molecule has 1 unspecified atom stereocenters. The Hall–Kier alpha value is -1.76. The highest BCUT2D eigenvalue weighted by molar-refractivity contribution is 5.54. The van der Waals surface area contributed by atoms with E-state index in [-0.39, 0.29) is 12.3 Å². The van der Waals surface area contributed by atoms with Gasteiger partial charge in [-0.2, -0.15) is 4.98 Å². The summed E-state index contributed by atoms with van der Waals surface area (Å²) in [5, 5.41) is 4.17. The van der Waals surface area contributed by atoms with E-state index in [1.807, 2.05) is 0 Å². The molecule has 2 fully saturated rings. The van der Waals surface area contributed by atoms with Crippen LogP contribution in [0.4, 0.5) is 0 Å². The first-order chi connectivity index (χ1) is 12.7. The van der Waals surface area contributed by atoms with Crippen molar-refractivity contribution in [3.8, 4) is 11.4 Å². The van der Waals surface area contributed by atoms with Gasteiger partial charge in [-0.05, 0) is 30.9 Å². The molecule has 3 heterocycles. The topological polar surface area (TPSA) is 60.6 Å². The molecule has 2 saturated heterocycles. The largest absolute Gasteiger partial charge is 0.349 e. The predicted octanol–water partition coefficient (Wildman–Crippen LogP) is 3.59. The lowest BCUT2D eigenvalue weighted by molar-refractivity contribution is -0.112. The third-order valence-corrected chi connectivity index (χ3v) is 5.27. The van der Waals surface area contributed by atoms with E-state index in [0.717, 1.165) is 18.5 Å². The first-order valence-electron chi connectivity index (χ1n) is 9.61. The number of likely N-dealkylation sites (tertiary alicyclic amines) is 1. The molecule has 0 radical (unpaired) electrons. The fraction of sp³-hybridized carbons (Fsp3) is 0.600. The molecule has 1 aromatic carbocycles. The molecular formula is C20H27N3O3. The zero-order valence-corrected chi connectivity index (χ0v) is 15.6. The van der Waals surface area contributed by atoms with Crippen LogP contribution in [-0.4, -0.2) is 47.1 Å². The zero-order chi connectivity index (χ0) is 17.9. The minimum Gasteiger partial charge on any atom is -0.349 e. The summed E-state index contributed by atoms with van der Waals surface area (Å²) in [7, 11) is 0. The Balaban J connectivity index is 1.45. The lowest BCUT2D eigenvalue weighted by atomic mass is 10.0. The van der Waals surface area contributed by atoms with Crippen LogP contribution in [0.3, 0.4) is 0 Å². The van der Waals surface area contributed by atoms with Crippen molar-refractivity contribution in [1.82, 2.24) is 15.0 Å². The Labute approximate surface area is 154 Å². The summed E-state index contributed by atoms with van der Waals surface area (Å²) in [6.45, 7) is 7.40. The molecule has 1 aromatic heterocycles. The lowest BCUT2D eigenvalue weighted by Gasteiger charge is -2.36. The van der Waals surface area contributed by atoms with Crippen molar-refractivity contribution in [2.75, 3.05) is 19.8 Å². The minimum atomic E-state index is -0.124. The smallest absolute Gasteiger partial charge is 0.241 e. The van der Waals surface area contributed by atoms with Gasteiger partial charge >= 0.3 is 0 Å². The van der Waals surface area contributed by atoms with E-state index < -0.39 is 0 Å². The van der Waals surface area contributed by atoms with E-state index >= 15 is 0 Å². The highest BCUT2D eigenvalue weighted by Gasteiger charge is 2.34. The number of ether oxygens (including phenoxy) is 2. The monoisotopic (exact) mass is 357 g/mol. The van der Waals surface area contributed by atoms with Gasteiger partial charge in [-0.15, -0.1) is 0 Å². The third-order valence-electron chi connectivity index (χ3n) is 5.27. The van der Waals surface area contributed by atoms with E-state index in [2.05, 4.69) is 53.2 Å². The Morgan fingerprint density at radius 3 is 2.62 bits per heavy atom. The highest BCUT2D eigenvalue weighted by Crippen LogP contribution is 2.26. The first-order valence-corrected chi connectivity index (χ1v) is 9.61. The lowest BCUT2D eigenvalue weighted by Crippen LogP contribution is -2.46. The molecule has 0 spiro atoms. The second kappa shape index (κ2) is 7.86. The van der Waals surface area contributed by atoms with Gasteiger partial charge in [-0.1, -0.05) is 49.7 Å². The van der Waals surface area contributed by atoms with Crippen molar-refractivity contribution in [2.45, 2.75) is 57.9 Å². The Kier molecular flexibility index (Phi) is 5.33. The van der Waals surface area contributed by atoms with Crippen molar-refractivity contribution in [3.05, 3.63) is 35.7 Å². The number of benzene rings is 1. The van der Waals surface area contributed by atoms with Crippen molar-refractivity contribution >= 4 is 0 Å². The molecule has 0 saturated carbocycles. The summed E-state index contributed by atoms with van der Waals surface area (Å²) >= 11 is 0. The van der Waals surface area contributed by atoms with Gasteiger partial charge in [0.1, 0.15) is 0 Å². The molecule has 6 nitrogen and oxygen atoms in total. The van der Waals surface area contributed by atoms with Crippen LogP contribution in [0.2, 0.25) is 0 Å². The number of piperidine rings is 1. The summed E-state index contributed by atoms with van der Waals surface area (Å²) in [5.41, 5.74) is 2.30. The molecule has 0 aliphatic carbocycles. The summed E-state index contributed by atoms with van der Waals surface area (Å²) in [6, 6.07) is 8.66. The van der Waals surface area contributed by atoms with Crippen molar-refractivity contribution in [3.63, 3.8) is 0 Å². The Morgan fingerprint density at radius 2 is 1.88 bits per heavy atom. The van der Waals surface area contributed by atoms with Crippen LogP contribution in [0.1, 0.15) is 50.5 Å². The molecule has 2 aliphatic heterocycles. The van der Waals surface area contributed by atoms with E-state index in [4.69, 9.17) is 14.0 Å². The van der Waals surface area contributed by atoms with E-state index in [1.165, 1.54) is 18.4 Å². The normalized spacial score (nSPS) is 22.3. The molecular weight excluding hydrogens is 330 g/mol. The fourth-order valence-electron chi connectivity index (χ4n) is 3.75. The van der Waals surface area contributed by atoms with E-state index in [0.29, 0.717) is 37.4 Å². The maximum atomic E-state index is 5.73. The van der Waals surface area contributed by atoms with Crippen molar-refractivity contribution in [1.29, 1.82) is 0 Å². The molecule has 0 bridgehead atoms. The van der Waals surface area contributed by atoms with Crippen LogP contribution >= 0.6 is 0 Å². The van der Waals surface area contributed by atoms with Crippen LogP contribution < -0.4 is 0 Å². The average molecular weight is 357 g/mol. The minimum absolute atomic E-state index is 0.124. The number of nitrogens with zero attached hydrogens (tertiary/aromatic N) is 3. The van der Waals surface area contributed by atoms with Crippen LogP contribution in [-0.2, 0) is 16.0 Å². The maximum Gasteiger partial charge on any atom is 0.241 e. The van der Waals surface area contributed by atoms with Crippen LogP contribution in [0.5, 0.6) is 0 Å². The second-order valence-corrected chi connectivity index (χ2v) is 7.43. The standard InChI is InChI=1S/C20H27N3O3/c1-14(2)15-6-8-16(9-7-15)19-21-18(26-22-19)13-23-10-4-3-5-17(23)20-24-11-12-25-20/h6-9,14,17,20H,3-5,10-13H2,1-2H3. The quantitative estimate of drug-likeness (QED) is 0.815. The molecule has 140 valence electrons. The van der Waals surface area contributed by atoms with Gasteiger partial charge in [0.2, 0.25) is 11.7 Å². The zero-order valence-electron chi connectivity index (χ0n) is 15.6. The van der Waals surface area contributed by atoms with Crippen LogP contribution in [0.15, 0.2) is 28.8 Å². The van der Waals surface area contributed by atoms with Gasteiger partial charge in [0, 0.05) is 5.56 Å². The summed E-state index contributed by atoms with van der Waals surface area (Å²) in [4.78, 5) is 6.97. The van der Waals surface area contributed by atoms with Gasteiger partial charge in [-0.25, -0.2) is 0 Å². The van der Waals surface area contributed by atoms with Crippen molar-refractivity contribution in [2.24, 2.45) is 0 Å². The number of rotatable bonds is 5. The molecule has 0 N–H and O–H groups in total. The Morgan fingerprint density at radius 1 is 1.12 bits per heavy atom. The SMILES string of the molecule is CC(C)c1ccc(-c2noc(CN3CCCCC3C3OCCO3)n2)cc1. The molecule has 26 heavy (non-hydrogen) atoms. The fourth-order valence-corrected chi connectivity index (χ4v) is 3.75. The second-order valence-electron chi connectivity index (χ2n) is 7.43. The van der Waals surface area contributed by atoms with E-state index in [9.17, 15) is 0 Å². The van der Waals surface area contributed by atoms with Gasteiger partial charge < -0.3 is 14.0 Å². The molecule has 0 amide bonds. The number of hydrogen-bond donors (Lipinski definition) is 0. The van der Waals surface area contributed by atoms with Gasteiger partial charge in [0.05, 0.1) is 25.8 Å². The van der Waals surface area contributed by atoms with Crippen LogP contribution in [0, 0.1) is 0 Å². The third kappa shape index (κ3) is 3.82. The summed E-state index contributed by atoms with van der Waals surface area (Å²) < 4.78 is 17.0. The highest BCUT2D eigenvalue weighted by atomic mass is 16.7. The van der Waals surface area contributed by atoms with Crippen LogP contribution in [0.25, 0.3) is 11.4 Å². The Bertz CT molecular complexity index is 707. The number of aromatic nitrogens is 2. The maximum absolute atomic E-state index is 5.73. The predicted molar refractivity (Wildman–Crippen MR) is 97.6 cm³/mol. The molecule has 6 heteroatoms. The van der Waals surface area contributed by atoms with Gasteiger partial charge in [-0.3, -0.25) is 4.90 Å². The number of hydrogen-bond acceptors (Lipinski definition) is 6.